The molecule has 1 atom stereocenters. The summed E-state index contributed by atoms with van der Waals surface area (Å²) in [6.45, 7) is 0.641. The van der Waals surface area contributed by atoms with E-state index in [2.05, 4.69) is 15.7 Å². The zero-order valence-corrected chi connectivity index (χ0v) is 6.32. The summed E-state index contributed by atoms with van der Waals surface area (Å²) in [7, 11) is 0. The number of hydrogen-bond donors (Lipinski definition) is 3. The van der Waals surface area contributed by atoms with Gasteiger partial charge in [0.2, 0.25) is 0 Å². The summed E-state index contributed by atoms with van der Waals surface area (Å²) < 4.78 is 0. The van der Waals surface area contributed by atoms with Crippen LogP contribution < -0.4 is 16.5 Å². The molecule has 2 heterocycles. The van der Waals surface area contributed by atoms with Gasteiger partial charge in [0.25, 0.3) is 5.91 Å². The van der Waals surface area contributed by atoms with E-state index in [1.165, 1.54) is 0 Å². The fourth-order valence-electron chi connectivity index (χ4n) is 1.13. The number of carbonyl (C=O) groups excluding carboxylic acids is 1. The molecule has 1 amide bonds. The molecule has 2 aliphatic heterocycles. The van der Waals surface area contributed by atoms with Gasteiger partial charge >= 0.3 is 0 Å². The van der Waals surface area contributed by atoms with Gasteiger partial charge in [-0.1, -0.05) is 0 Å². The van der Waals surface area contributed by atoms with Gasteiger partial charge in [0.05, 0.1) is 12.7 Å². The maximum Gasteiger partial charge on any atom is 0.256 e. The Morgan fingerprint density at radius 2 is 2.67 bits per heavy atom. The van der Waals surface area contributed by atoms with E-state index in [1.54, 1.807) is 17.4 Å². The Morgan fingerprint density at radius 3 is 3.33 bits per heavy atom. The first-order valence-electron chi connectivity index (χ1n) is 3.59. The predicted molar refractivity (Wildman–Crippen MR) is 42.5 cm³/mol. The number of nitrogens with zero attached hydrogens (tertiary/aromatic N) is 2. The van der Waals surface area contributed by atoms with Crippen molar-refractivity contribution in [2.75, 3.05) is 6.54 Å². The van der Waals surface area contributed by atoms with Crippen LogP contribution in [0.2, 0.25) is 0 Å². The van der Waals surface area contributed by atoms with Crippen molar-refractivity contribution in [1.29, 1.82) is 0 Å². The smallest absolute Gasteiger partial charge is 0.256 e. The van der Waals surface area contributed by atoms with Crippen LogP contribution >= 0.6 is 0 Å². The van der Waals surface area contributed by atoms with Crippen LogP contribution in [0.25, 0.3) is 0 Å². The van der Waals surface area contributed by atoms with E-state index in [9.17, 15) is 4.79 Å². The normalized spacial score (nSPS) is 26.2. The molecule has 2 rings (SSSR count). The lowest BCUT2D eigenvalue weighted by atomic mass is 10.5. The highest BCUT2D eigenvalue weighted by molar-refractivity contribution is 5.80. The minimum Gasteiger partial charge on any atom is -0.367 e. The van der Waals surface area contributed by atoms with Crippen LogP contribution in [-0.4, -0.2) is 29.8 Å². The van der Waals surface area contributed by atoms with Crippen LogP contribution in [0.3, 0.4) is 0 Å². The highest BCUT2D eigenvalue weighted by Crippen LogP contribution is 2.08. The molecule has 64 valence electrons. The number of amides is 1. The zero-order chi connectivity index (χ0) is 8.55. The van der Waals surface area contributed by atoms with Crippen molar-refractivity contribution in [3.8, 4) is 0 Å². The lowest BCUT2D eigenvalue weighted by Gasteiger charge is -2.17. The summed E-state index contributed by atoms with van der Waals surface area (Å²) in [6, 6.07) is 0. The van der Waals surface area contributed by atoms with Crippen LogP contribution in [0.5, 0.6) is 0 Å². The van der Waals surface area contributed by atoms with Gasteiger partial charge in [-0.25, -0.2) is 5.43 Å². The summed E-state index contributed by atoms with van der Waals surface area (Å²) in [5.74, 6) is 0.353. The van der Waals surface area contributed by atoms with Gasteiger partial charge in [0, 0.05) is 6.21 Å². The zero-order valence-electron chi connectivity index (χ0n) is 6.32. The Bertz CT molecular complexity index is 271. The first-order chi connectivity index (χ1) is 5.77. The van der Waals surface area contributed by atoms with Crippen LogP contribution in [0.4, 0.5) is 0 Å². The Labute approximate surface area is 69.1 Å². The van der Waals surface area contributed by atoms with E-state index in [4.69, 9.17) is 5.73 Å². The van der Waals surface area contributed by atoms with Gasteiger partial charge in [0.15, 0.2) is 6.17 Å². The van der Waals surface area contributed by atoms with Gasteiger partial charge in [0.1, 0.15) is 5.82 Å². The molecular weight excluding hydrogens is 158 g/mol. The quantitative estimate of drug-likeness (QED) is 0.425. The van der Waals surface area contributed by atoms with Gasteiger partial charge < -0.3 is 11.1 Å². The second-order valence-electron chi connectivity index (χ2n) is 2.57. The second kappa shape index (κ2) is 2.49. The van der Waals surface area contributed by atoms with Crippen molar-refractivity contribution in [3.63, 3.8) is 0 Å². The Kier molecular flexibility index (Phi) is 1.47. The van der Waals surface area contributed by atoms with Crippen molar-refractivity contribution in [2.45, 2.75) is 6.17 Å². The molecule has 12 heavy (non-hydrogen) atoms. The van der Waals surface area contributed by atoms with E-state index in [0.29, 0.717) is 6.54 Å². The van der Waals surface area contributed by atoms with Gasteiger partial charge in [-0.2, -0.15) is 0 Å². The van der Waals surface area contributed by atoms with Gasteiger partial charge in [-0.3, -0.25) is 14.8 Å². The molecule has 1 saturated heterocycles. The van der Waals surface area contributed by atoms with Crippen molar-refractivity contribution >= 4 is 12.1 Å². The summed E-state index contributed by atoms with van der Waals surface area (Å²) in [5.41, 5.74) is 7.97. The third-order valence-electron chi connectivity index (χ3n) is 1.72. The summed E-state index contributed by atoms with van der Waals surface area (Å²) in [4.78, 5) is 14.7. The number of rotatable bonds is 1. The largest absolute Gasteiger partial charge is 0.367 e. The molecular formula is C6H9N5O. The number of aliphatic imine (C=N–C) groups is 1. The number of hydrazine groups is 1. The molecule has 0 radical (unpaired) electrons. The van der Waals surface area contributed by atoms with E-state index in [0.717, 1.165) is 5.82 Å². The minimum atomic E-state index is -0.516. The van der Waals surface area contributed by atoms with Crippen molar-refractivity contribution < 1.29 is 4.79 Å². The SMILES string of the molecule is NC(=O)C1NC2=CN=CCN2N1. The molecule has 1 fully saturated rings. The summed E-state index contributed by atoms with van der Waals surface area (Å²) in [6.07, 6.45) is 2.86. The van der Waals surface area contributed by atoms with Crippen LogP contribution in [0.15, 0.2) is 17.0 Å². The van der Waals surface area contributed by atoms with E-state index in [1.807, 2.05) is 0 Å². The molecule has 2 aliphatic rings. The molecule has 0 saturated carbocycles. The second-order valence-corrected chi connectivity index (χ2v) is 2.57. The van der Waals surface area contributed by atoms with Crippen LogP contribution in [0, 0.1) is 0 Å². The Morgan fingerprint density at radius 1 is 1.83 bits per heavy atom. The molecule has 0 aromatic rings. The van der Waals surface area contributed by atoms with Crippen molar-refractivity contribution in [3.05, 3.63) is 12.0 Å². The molecule has 0 bridgehead atoms. The lowest BCUT2D eigenvalue weighted by molar-refractivity contribution is -0.120. The Balaban J connectivity index is 2.12. The van der Waals surface area contributed by atoms with Gasteiger partial charge in [-0.05, 0) is 0 Å². The van der Waals surface area contributed by atoms with Crippen molar-refractivity contribution in [1.82, 2.24) is 15.8 Å². The molecule has 0 aliphatic carbocycles. The van der Waals surface area contributed by atoms with E-state index >= 15 is 0 Å². The third kappa shape index (κ3) is 1.02. The van der Waals surface area contributed by atoms with E-state index in [-0.39, 0.29) is 0 Å². The average Bonchev–Trinajstić information content (AvgIpc) is 2.46. The highest BCUT2D eigenvalue weighted by Gasteiger charge is 2.28. The number of carbonyl (C=O) groups is 1. The number of nitrogens with one attached hydrogen (secondary N) is 2. The maximum absolute atomic E-state index is 10.7. The summed E-state index contributed by atoms with van der Waals surface area (Å²) in [5, 5.41) is 4.66. The van der Waals surface area contributed by atoms with Crippen molar-refractivity contribution in [2.24, 2.45) is 10.7 Å². The third-order valence-corrected chi connectivity index (χ3v) is 1.72. The molecule has 6 heteroatoms. The molecule has 1 unspecified atom stereocenters. The fraction of sp³-hybridized carbons (Fsp3) is 0.333. The standard InChI is InChI=1S/C6H9N5O/c7-5(12)6-9-4-3-8-1-2-11(4)10-6/h1,3,6,9-10H,2H2,(H2,7,12). The highest BCUT2D eigenvalue weighted by atomic mass is 16.2. The van der Waals surface area contributed by atoms with Gasteiger partial charge in [-0.15, -0.1) is 0 Å². The molecule has 0 aromatic heterocycles. The Hall–Kier alpha value is -1.56. The topological polar surface area (TPSA) is 82.8 Å². The number of hydrogen-bond acceptors (Lipinski definition) is 5. The number of fused-ring (bicyclic) bond motifs is 1. The predicted octanol–water partition coefficient (Wildman–Crippen LogP) is -1.91. The monoisotopic (exact) mass is 167 g/mol. The first-order valence-corrected chi connectivity index (χ1v) is 3.59. The lowest BCUT2D eigenvalue weighted by Crippen LogP contribution is -2.46. The molecule has 0 aromatic carbocycles. The maximum atomic E-state index is 10.7. The summed E-state index contributed by atoms with van der Waals surface area (Å²) >= 11 is 0. The molecule has 4 N–H and O–H groups in total. The van der Waals surface area contributed by atoms with Crippen LogP contribution in [0.1, 0.15) is 0 Å². The number of nitrogens with two attached hydrogens (primary N) is 1. The fourth-order valence-corrected chi connectivity index (χ4v) is 1.13. The molecule has 0 spiro atoms. The minimum absolute atomic E-state index is 0.426. The average molecular weight is 167 g/mol. The van der Waals surface area contributed by atoms with Crippen LogP contribution in [-0.2, 0) is 4.79 Å². The first kappa shape index (κ1) is 7.11. The number of primary amides is 1. The van der Waals surface area contributed by atoms with E-state index < -0.39 is 12.1 Å². The molecule has 6 nitrogen and oxygen atoms in total.